The van der Waals surface area contributed by atoms with Crippen molar-refractivity contribution in [3.63, 3.8) is 0 Å². The van der Waals surface area contributed by atoms with Crippen LogP contribution in [0.3, 0.4) is 0 Å². The van der Waals surface area contributed by atoms with E-state index in [2.05, 4.69) is 35.7 Å². The Labute approximate surface area is 164 Å². The molecule has 0 saturated carbocycles. The molecule has 3 aromatic rings. The Morgan fingerprint density at radius 1 is 1.04 bits per heavy atom. The number of ether oxygens (including phenoxy) is 1. The number of rotatable bonds is 5. The van der Waals surface area contributed by atoms with E-state index >= 15 is 0 Å². The summed E-state index contributed by atoms with van der Waals surface area (Å²) >= 11 is 1.76. The van der Waals surface area contributed by atoms with Crippen molar-refractivity contribution >= 4 is 17.2 Å². The fourth-order valence-electron chi connectivity index (χ4n) is 3.47. The summed E-state index contributed by atoms with van der Waals surface area (Å²) in [6.07, 6.45) is 2.28. The zero-order valence-corrected chi connectivity index (χ0v) is 16.0. The maximum absolute atomic E-state index is 12.9. The third kappa shape index (κ3) is 4.40. The first-order chi connectivity index (χ1) is 13.3. The third-order valence-corrected chi connectivity index (χ3v) is 5.84. The predicted molar refractivity (Wildman–Crippen MR) is 109 cm³/mol. The lowest BCUT2D eigenvalue weighted by molar-refractivity contribution is -0.132. The van der Waals surface area contributed by atoms with Gasteiger partial charge in [-0.2, -0.15) is 0 Å². The van der Waals surface area contributed by atoms with Crippen LogP contribution in [0.15, 0.2) is 72.1 Å². The second-order valence-electron chi connectivity index (χ2n) is 6.83. The molecule has 0 aliphatic carbocycles. The van der Waals surface area contributed by atoms with Crippen LogP contribution in [-0.4, -0.2) is 17.4 Å². The van der Waals surface area contributed by atoms with Gasteiger partial charge in [0, 0.05) is 23.4 Å². The molecule has 27 heavy (non-hydrogen) atoms. The molecule has 2 aromatic carbocycles. The van der Waals surface area contributed by atoms with Gasteiger partial charge >= 0.3 is 0 Å². The smallest absolute Gasteiger partial charge is 0.223 e. The highest BCUT2D eigenvalue weighted by molar-refractivity contribution is 7.09. The second kappa shape index (κ2) is 8.40. The zero-order chi connectivity index (χ0) is 18.5. The van der Waals surface area contributed by atoms with Gasteiger partial charge in [0.1, 0.15) is 11.9 Å². The molecule has 4 heteroatoms. The van der Waals surface area contributed by atoms with Gasteiger partial charge in [0.15, 0.2) is 0 Å². The van der Waals surface area contributed by atoms with Gasteiger partial charge in [-0.05, 0) is 35.9 Å². The summed E-state index contributed by atoms with van der Waals surface area (Å²) in [4.78, 5) is 16.2. The Hall–Kier alpha value is -2.59. The molecule has 3 nitrogen and oxygen atoms in total. The number of carbonyl (C=O) groups excluding carboxylic acids is 1. The summed E-state index contributed by atoms with van der Waals surface area (Å²) in [6, 6.07) is 22.4. The lowest BCUT2D eigenvalue weighted by atomic mass is 10.1. The Morgan fingerprint density at radius 3 is 2.67 bits per heavy atom. The molecule has 4 rings (SSSR count). The van der Waals surface area contributed by atoms with Crippen LogP contribution in [0.4, 0.5) is 0 Å². The van der Waals surface area contributed by atoms with E-state index in [0.717, 1.165) is 29.7 Å². The van der Waals surface area contributed by atoms with Crippen LogP contribution >= 0.6 is 11.3 Å². The minimum Gasteiger partial charge on any atom is -0.484 e. The number of para-hydroxylation sites is 1. The third-order valence-electron chi connectivity index (χ3n) is 4.91. The first kappa shape index (κ1) is 17.8. The van der Waals surface area contributed by atoms with Crippen LogP contribution in [-0.2, 0) is 17.8 Å². The molecule has 0 bridgehead atoms. The van der Waals surface area contributed by atoms with Crippen LogP contribution < -0.4 is 4.74 Å². The summed E-state index contributed by atoms with van der Waals surface area (Å²) in [5.41, 5.74) is 2.17. The summed E-state index contributed by atoms with van der Waals surface area (Å²) in [7, 11) is 0. The molecule has 0 spiro atoms. The van der Waals surface area contributed by atoms with Gasteiger partial charge in [-0.15, -0.1) is 11.3 Å². The number of thiophene rings is 1. The highest BCUT2D eigenvalue weighted by atomic mass is 32.1. The van der Waals surface area contributed by atoms with E-state index < -0.39 is 0 Å². The summed E-state index contributed by atoms with van der Waals surface area (Å²) in [5, 5.41) is 2.09. The van der Waals surface area contributed by atoms with E-state index in [-0.39, 0.29) is 12.0 Å². The summed E-state index contributed by atoms with van der Waals surface area (Å²) in [6.45, 7) is 1.19. The van der Waals surface area contributed by atoms with Crippen molar-refractivity contribution in [3.05, 3.63) is 88.1 Å². The van der Waals surface area contributed by atoms with Gasteiger partial charge in [0.2, 0.25) is 5.91 Å². The van der Waals surface area contributed by atoms with Gasteiger partial charge < -0.3 is 9.64 Å². The molecule has 0 saturated heterocycles. The number of hydrogen-bond acceptors (Lipinski definition) is 3. The van der Waals surface area contributed by atoms with Crippen LogP contribution in [0, 0.1) is 0 Å². The van der Waals surface area contributed by atoms with Crippen molar-refractivity contribution in [2.24, 2.45) is 0 Å². The lowest BCUT2D eigenvalue weighted by Gasteiger charge is -2.24. The maximum atomic E-state index is 12.9. The first-order valence-electron chi connectivity index (χ1n) is 9.39. The number of hydrogen-bond donors (Lipinski definition) is 0. The maximum Gasteiger partial charge on any atom is 0.223 e. The molecule has 1 aromatic heterocycles. The Balaban J connectivity index is 1.49. The number of nitrogens with zero attached hydrogens (tertiary/aromatic N) is 1. The van der Waals surface area contributed by atoms with E-state index in [1.165, 1.54) is 4.88 Å². The molecule has 1 aliphatic rings. The number of amides is 1. The molecule has 0 fully saturated rings. The van der Waals surface area contributed by atoms with E-state index in [9.17, 15) is 4.79 Å². The van der Waals surface area contributed by atoms with Gasteiger partial charge in [0.05, 0.1) is 6.54 Å². The number of benzene rings is 2. The summed E-state index contributed by atoms with van der Waals surface area (Å²) < 4.78 is 6.29. The fourth-order valence-corrected chi connectivity index (χ4v) is 4.22. The number of aryl methyl sites for hydroxylation is 1. The molecule has 0 N–H and O–H groups in total. The van der Waals surface area contributed by atoms with E-state index in [1.54, 1.807) is 11.3 Å². The van der Waals surface area contributed by atoms with E-state index in [4.69, 9.17) is 4.74 Å². The van der Waals surface area contributed by atoms with Gasteiger partial charge in [0.25, 0.3) is 0 Å². The second-order valence-corrected chi connectivity index (χ2v) is 7.86. The van der Waals surface area contributed by atoms with Gasteiger partial charge in [-0.1, -0.05) is 54.6 Å². The largest absolute Gasteiger partial charge is 0.484 e. The van der Waals surface area contributed by atoms with E-state index in [1.807, 2.05) is 41.3 Å². The van der Waals surface area contributed by atoms with Crippen LogP contribution in [0.5, 0.6) is 5.75 Å². The average Bonchev–Trinajstić information content (AvgIpc) is 3.14. The van der Waals surface area contributed by atoms with Crippen molar-refractivity contribution in [3.8, 4) is 5.75 Å². The van der Waals surface area contributed by atoms with Gasteiger partial charge in [-0.25, -0.2) is 0 Å². The van der Waals surface area contributed by atoms with Crippen molar-refractivity contribution in [1.29, 1.82) is 0 Å². The van der Waals surface area contributed by atoms with E-state index in [0.29, 0.717) is 19.5 Å². The fraction of sp³-hybridized carbons (Fsp3) is 0.261. The number of fused-ring (bicyclic) bond motifs is 1. The minimum atomic E-state index is -0.143. The van der Waals surface area contributed by atoms with Gasteiger partial charge in [-0.3, -0.25) is 4.79 Å². The van der Waals surface area contributed by atoms with Crippen molar-refractivity contribution in [2.45, 2.75) is 31.9 Å². The average molecular weight is 378 g/mol. The molecule has 1 aliphatic heterocycles. The lowest BCUT2D eigenvalue weighted by Crippen LogP contribution is -2.33. The highest BCUT2D eigenvalue weighted by Gasteiger charge is 2.26. The summed E-state index contributed by atoms with van der Waals surface area (Å²) in [5.74, 6) is 1.08. The Kier molecular flexibility index (Phi) is 5.54. The number of carbonyl (C=O) groups is 1. The highest BCUT2D eigenvalue weighted by Crippen LogP contribution is 2.31. The predicted octanol–water partition coefficient (Wildman–Crippen LogP) is 5.23. The molecule has 1 unspecified atom stereocenters. The normalized spacial score (nSPS) is 16.3. The molecule has 0 radical (unpaired) electrons. The first-order valence-corrected chi connectivity index (χ1v) is 10.3. The topological polar surface area (TPSA) is 29.5 Å². The molecular weight excluding hydrogens is 354 g/mol. The molecule has 1 atom stereocenters. The molecule has 138 valence electrons. The van der Waals surface area contributed by atoms with Crippen molar-refractivity contribution in [2.75, 3.05) is 6.54 Å². The minimum absolute atomic E-state index is 0.143. The van der Waals surface area contributed by atoms with Crippen LogP contribution in [0.2, 0.25) is 0 Å². The van der Waals surface area contributed by atoms with Crippen LogP contribution in [0.1, 0.15) is 34.9 Å². The molecular formula is C23H23NO2S. The quantitative estimate of drug-likeness (QED) is 0.609. The van der Waals surface area contributed by atoms with Crippen LogP contribution in [0.25, 0.3) is 0 Å². The Morgan fingerprint density at radius 2 is 1.85 bits per heavy atom. The molecule has 2 heterocycles. The standard InChI is InChI=1S/C23H23NO2S/c25-23(14-6-11-20-12-7-15-27-20)24-16-19-10-4-5-13-21(19)26-22(17-24)18-8-2-1-3-9-18/h1-5,7-10,12-13,15,22H,6,11,14,16-17H2. The molecule has 1 amide bonds. The van der Waals surface area contributed by atoms with Crippen molar-refractivity contribution in [1.82, 2.24) is 4.90 Å². The monoisotopic (exact) mass is 377 g/mol. The zero-order valence-electron chi connectivity index (χ0n) is 15.2. The SMILES string of the molecule is O=C(CCCc1cccs1)N1Cc2ccccc2OC(c2ccccc2)C1. The Bertz CT molecular complexity index is 876. The van der Waals surface area contributed by atoms with Crippen molar-refractivity contribution < 1.29 is 9.53 Å².